The van der Waals surface area contributed by atoms with Crippen molar-refractivity contribution in [3.8, 4) is 17.5 Å². The first-order valence-corrected chi connectivity index (χ1v) is 10.4. The molecule has 1 aromatic heterocycles. The Bertz CT molecular complexity index is 980. The Morgan fingerprint density at radius 3 is 2.69 bits per heavy atom. The van der Waals surface area contributed by atoms with Gasteiger partial charge in [0.25, 0.3) is 0 Å². The third-order valence-electron chi connectivity index (χ3n) is 4.47. The summed E-state index contributed by atoms with van der Waals surface area (Å²) in [4.78, 5) is 2.21. The first-order valence-electron chi connectivity index (χ1n) is 9.44. The van der Waals surface area contributed by atoms with Crippen LogP contribution in [0.1, 0.15) is 5.56 Å². The van der Waals surface area contributed by atoms with Gasteiger partial charge < -0.3 is 14.4 Å². The molecule has 0 N–H and O–H groups in total. The number of nitrogens with zero attached hydrogens (tertiary/aromatic N) is 5. The quantitative estimate of drug-likeness (QED) is 0.440. The summed E-state index contributed by atoms with van der Waals surface area (Å²) in [5.41, 5.74) is 1.62. The summed E-state index contributed by atoms with van der Waals surface area (Å²) in [6.07, 6.45) is 0. The molecule has 1 fully saturated rings. The lowest BCUT2D eigenvalue weighted by Crippen LogP contribution is -2.37. The van der Waals surface area contributed by atoms with E-state index in [1.165, 1.54) is 0 Å². The molecule has 0 unspecified atom stereocenters. The van der Waals surface area contributed by atoms with Gasteiger partial charge >= 0.3 is 0 Å². The molecule has 0 radical (unpaired) electrons. The van der Waals surface area contributed by atoms with Gasteiger partial charge in [-0.15, -0.1) is 10.2 Å². The largest absolute Gasteiger partial charge is 0.493 e. The maximum atomic E-state index is 8.99. The van der Waals surface area contributed by atoms with Gasteiger partial charge in [-0.3, -0.25) is 4.57 Å². The number of benzene rings is 2. The summed E-state index contributed by atoms with van der Waals surface area (Å²) < 4.78 is 13.3. The summed E-state index contributed by atoms with van der Waals surface area (Å²) in [5, 5.41) is 18.7. The van der Waals surface area contributed by atoms with E-state index in [1.807, 2.05) is 30.3 Å². The monoisotopic (exact) mass is 407 g/mol. The van der Waals surface area contributed by atoms with Crippen LogP contribution in [0, 0.1) is 11.3 Å². The number of hydrogen-bond acceptors (Lipinski definition) is 7. The zero-order chi connectivity index (χ0) is 19.9. The van der Waals surface area contributed by atoms with E-state index < -0.39 is 0 Å². The summed E-state index contributed by atoms with van der Waals surface area (Å²) in [6.45, 7) is 3.50. The van der Waals surface area contributed by atoms with E-state index in [1.54, 1.807) is 23.9 Å². The number of thioether (sulfide) groups is 1. The molecule has 7 nitrogen and oxygen atoms in total. The van der Waals surface area contributed by atoms with Crippen molar-refractivity contribution in [3.05, 3.63) is 60.2 Å². The van der Waals surface area contributed by atoms with Gasteiger partial charge in [0.05, 0.1) is 37.1 Å². The van der Waals surface area contributed by atoms with E-state index in [9.17, 15) is 0 Å². The van der Waals surface area contributed by atoms with Crippen molar-refractivity contribution >= 4 is 17.7 Å². The maximum Gasteiger partial charge on any atom is 0.232 e. The fourth-order valence-electron chi connectivity index (χ4n) is 3.07. The van der Waals surface area contributed by atoms with Crippen molar-refractivity contribution < 1.29 is 9.47 Å². The highest BCUT2D eigenvalue weighted by atomic mass is 32.2. The number of rotatable bonds is 7. The minimum atomic E-state index is 0.508. The van der Waals surface area contributed by atoms with E-state index in [4.69, 9.17) is 14.7 Å². The molecule has 0 aliphatic carbocycles. The Balaban J connectivity index is 1.46. The van der Waals surface area contributed by atoms with Crippen LogP contribution in [0.3, 0.4) is 0 Å². The number of hydrogen-bond donors (Lipinski definition) is 0. The zero-order valence-electron chi connectivity index (χ0n) is 15.9. The highest BCUT2D eigenvalue weighted by Gasteiger charge is 2.21. The number of nitriles is 1. The second-order valence-corrected chi connectivity index (χ2v) is 7.45. The molecule has 148 valence electrons. The van der Waals surface area contributed by atoms with Crippen molar-refractivity contribution in [1.29, 1.82) is 5.26 Å². The smallest absolute Gasteiger partial charge is 0.232 e. The molecular formula is C21H21N5O2S. The molecule has 2 aromatic carbocycles. The Morgan fingerprint density at radius 2 is 1.90 bits per heavy atom. The summed E-state index contributed by atoms with van der Waals surface area (Å²) in [7, 11) is 0. The van der Waals surface area contributed by atoms with Gasteiger partial charge in [-0.2, -0.15) is 5.26 Å². The first-order chi connectivity index (χ1) is 14.3. The number of anilines is 1. The van der Waals surface area contributed by atoms with Crippen molar-refractivity contribution in [2.24, 2.45) is 0 Å². The van der Waals surface area contributed by atoms with Gasteiger partial charge in [-0.25, -0.2) is 0 Å². The fourth-order valence-corrected chi connectivity index (χ4v) is 3.84. The standard InChI is InChI=1S/C21H21N5O2S/c22-16-17-5-4-8-19(15-17)28-13-14-29-21-24-23-20(25-9-11-27-12-10-25)26(21)18-6-2-1-3-7-18/h1-8,15H,9-14H2. The van der Waals surface area contributed by atoms with E-state index in [0.29, 0.717) is 36.9 Å². The molecule has 8 heteroatoms. The second-order valence-electron chi connectivity index (χ2n) is 6.39. The topological polar surface area (TPSA) is 76.2 Å². The van der Waals surface area contributed by atoms with Crippen LogP contribution in [-0.4, -0.2) is 53.4 Å². The Hall–Kier alpha value is -3.02. The van der Waals surface area contributed by atoms with Crippen LogP contribution in [0.5, 0.6) is 5.75 Å². The molecule has 1 saturated heterocycles. The molecule has 1 aliphatic heterocycles. The van der Waals surface area contributed by atoms with E-state index in [-0.39, 0.29) is 0 Å². The van der Waals surface area contributed by atoms with E-state index >= 15 is 0 Å². The van der Waals surface area contributed by atoms with Crippen LogP contribution in [0.25, 0.3) is 5.69 Å². The lowest BCUT2D eigenvalue weighted by Gasteiger charge is -2.27. The molecule has 0 atom stereocenters. The highest BCUT2D eigenvalue weighted by Crippen LogP contribution is 2.27. The van der Waals surface area contributed by atoms with Gasteiger partial charge in [0.2, 0.25) is 5.95 Å². The van der Waals surface area contributed by atoms with Crippen LogP contribution in [-0.2, 0) is 4.74 Å². The number of morpholine rings is 1. The highest BCUT2D eigenvalue weighted by molar-refractivity contribution is 7.99. The van der Waals surface area contributed by atoms with Crippen molar-refractivity contribution in [2.75, 3.05) is 43.6 Å². The molecule has 3 aromatic rings. The average Bonchev–Trinajstić information content (AvgIpc) is 3.22. The predicted octanol–water partition coefficient (Wildman–Crippen LogP) is 3.15. The van der Waals surface area contributed by atoms with Crippen LogP contribution in [0.15, 0.2) is 59.8 Å². The number of aromatic nitrogens is 3. The van der Waals surface area contributed by atoms with E-state index in [0.717, 1.165) is 29.9 Å². The second kappa shape index (κ2) is 9.45. The SMILES string of the molecule is N#Cc1cccc(OCCSc2nnc(N3CCOCC3)n2-c2ccccc2)c1. The molecule has 2 heterocycles. The summed E-state index contributed by atoms with van der Waals surface area (Å²) >= 11 is 1.60. The molecular weight excluding hydrogens is 386 g/mol. The Labute approximate surface area is 173 Å². The van der Waals surface area contributed by atoms with Crippen molar-refractivity contribution in [3.63, 3.8) is 0 Å². The van der Waals surface area contributed by atoms with Gasteiger partial charge in [0.1, 0.15) is 5.75 Å². The number of ether oxygens (including phenoxy) is 2. The minimum absolute atomic E-state index is 0.508. The molecule has 29 heavy (non-hydrogen) atoms. The average molecular weight is 407 g/mol. The molecule has 1 aliphatic rings. The van der Waals surface area contributed by atoms with Crippen LogP contribution in [0.2, 0.25) is 0 Å². The normalized spacial score (nSPS) is 13.8. The number of para-hydroxylation sites is 1. The lowest BCUT2D eigenvalue weighted by molar-refractivity contribution is 0.122. The van der Waals surface area contributed by atoms with Gasteiger partial charge in [-0.1, -0.05) is 36.0 Å². The Kier molecular flexibility index (Phi) is 6.29. The van der Waals surface area contributed by atoms with Gasteiger partial charge in [0, 0.05) is 18.8 Å². The molecule has 0 amide bonds. The van der Waals surface area contributed by atoms with E-state index in [2.05, 4.69) is 37.9 Å². The summed E-state index contributed by atoms with van der Waals surface area (Å²) in [5.74, 6) is 2.25. The van der Waals surface area contributed by atoms with Gasteiger partial charge in [-0.05, 0) is 30.3 Å². The van der Waals surface area contributed by atoms with Crippen LogP contribution in [0.4, 0.5) is 5.95 Å². The van der Waals surface area contributed by atoms with Crippen molar-refractivity contribution in [2.45, 2.75) is 5.16 Å². The maximum absolute atomic E-state index is 8.99. The third-order valence-corrected chi connectivity index (χ3v) is 5.36. The van der Waals surface area contributed by atoms with Crippen LogP contribution < -0.4 is 9.64 Å². The molecule has 0 bridgehead atoms. The third kappa shape index (κ3) is 4.70. The molecule has 4 rings (SSSR count). The molecule has 0 saturated carbocycles. The lowest BCUT2D eigenvalue weighted by atomic mass is 10.2. The van der Waals surface area contributed by atoms with Gasteiger partial charge in [0.15, 0.2) is 5.16 Å². The zero-order valence-corrected chi connectivity index (χ0v) is 16.7. The van der Waals surface area contributed by atoms with Crippen LogP contribution >= 0.6 is 11.8 Å². The summed E-state index contributed by atoms with van der Waals surface area (Å²) in [6, 6.07) is 19.4. The van der Waals surface area contributed by atoms with Crippen molar-refractivity contribution in [1.82, 2.24) is 14.8 Å². The molecule has 0 spiro atoms. The first kappa shape index (κ1) is 19.3. The predicted molar refractivity (Wildman–Crippen MR) is 112 cm³/mol. The minimum Gasteiger partial charge on any atom is -0.493 e. The Morgan fingerprint density at radius 1 is 1.07 bits per heavy atom. The fraction of sp³-hybridized carbons (Fsp3) is 0.286.